The molecule has 32 heavy (non-hydrogen) atoms. The molecule has 2 aromatic carbocycles. The molecule has 0 saturated heterocycles. The predicted molar refractivity (Wildman–Crippen MR) is 132 cm³/mol. The van der Waals surface area contributed by atoms with Crippen LogP contribution in [0.5, 0.6) is 5.75 Å². The fraction of sp³-hybridized carbons (Fsp3) is 0.385. The summed E-state index contributed by atoms with van der Waals surface area (Å²) >= 11 is 0. The Labute approximate surface area is 191 Å². The Morgan fingerprint density at radius 1 is 1.00 bits per heavy atom. The van der Waals surface area contributed by atoms with E-state index in [0.717, 1.165) is 61.2 Å². The van der Waals surface area contributed by atoms with Crippen molar-refractivity contribution in [2.24, 2.45) is 0 Å². The minimum Gasteiger partial charge on any atom is -0.495 e. The second kappa shape index (κ2) is 12.1. The van der Waals surface area contributed by atoms with Gasteiger partial charge in [-0.1, -0.05) is 44.2 Å². The number of hydrogen-bond donors (Lipinski definition) is 2. The lowest BCUT2D eigenvalue weighted by Gasteiger charge is -2.20. The zero-order valence-electron chi connectivity index (χ0n) is 19.4. The smallest absolute Gasteiger partial charge is 0.252 e. The molecule has 3 aromatic rings. The number of para-hydroxylation sites is 3. The summed E-state index contributed by atoms with van der Waals surface area (Å²) in [5.41, 5.74) is 2.19. The number of carbonyl (C=O) groups is 1. The molecule has 6 nitrogen and oxygen atoms in total. The number of ether oxygens (including phenoxy) is 1. The standard InChI is InChI=1S/C26H34N4O2/c1-4-16-30(17-5-2)18-10-15-27-26(31)21-19-25(28-22-12-7-6-11-20(21)22)29-23-13-8-9-14-24(23)32-3/h6-9,11-14,19H,4-5,10,15-18H2,1-3H3,(H,27,31)(H,28,29). The van der Waals surface area contributed by atoms with Gasteiger partial charge in [0, 0.05) is 11.9 Å². The molecule has 170 valence electrons. The van der Waals surface area contributed by atoms with Crippen LogP contribution in [0.25, 0.3) is 10.9 Å². The van der Waals surface area contributed by atoms with E-state index in [1.807, 2.05) is 54.6 Å². The van der Waals surface area contributed by atoms with E-state index in [1.54, 1.807) is 7.11 Å². The number of nitrogens with one attached hydrogen (secondary N) is 2. The highest BCUT2D eigenvalue weighted by atomic mass is 16.5. The Morgan fingerprint density at radius 2 is 1.72 bits per heavy atom. The van der Waals surface area contributed by atoms with Crippen molar-refractivity contribution in [3.05, 3.63) is 60.2 Å². The average molecular weight is 435 g/mol. The van der Waals surface area contributed by atoms with Crippen molar-refractivity contribution in [3.63, 3.8) is 0 Å². The van der Waals surface area contributed by atoms with Gasteiger partial charge >= 0.3 is 0 Å². The maximum absolute atomic E-state index is 13.1. The van der Waals surface area contributed by atoms with Gasteiger partial charge in [0.05, 0.1) is 23.9 Å². The zero-order valence-corrected chi connectivity index (χ0v) is 19.4. The van der Waals surface area contributed by atoms with Gasteiger partial charge in [0.1, 0.15) is 11.6 Å². The zero-order chi connectivity index (χ0) is 22.8. The van der Waals surface area contributed by atoms with E-state index in [0.29, 0.717) is 17.9 Å². The van der Waals surface area contributed by atoms with E-state index in [4.69, 9.17) is 9.72 Å². The second-order valence-corrected chi connectivity index (χ2v) is 7.85. The van der Waals surface area contributed by atoms with Gasteiger partial charge in [-0.2, -0.15) is 0 Å². The number of fused-ring (bicyclic) bond motifs is 1. The Bertz CT molecular complexity index is 1020. The molecule has 0 spiro atoms. The molecule has 3 rings (SSSR count). The highest BCUT2D eigenvalue weighted by Gasteiger charge is 2.14. The summed E-state index contributed by atoms with van der Waals surface area (Å²) in [5.74, 6) is 1.25. The van der Waals surface area contributed by atoms with Gasteiger partial charge in [-0.05, 0) is 63.2 Å². The molecule has 0 radical (unpaired) electrons. The fourth-order valence-electron chi connectivity index (χ4n) is 3.88. The number of carbonyl (C=O) groups excluding carboxylic acids is 1. The van der Waals surface area contributed by atoms with Crippen LogP contribution in [0, 0.1) is 0 Å². The van der Waals surface area contributed by atoms with Crippen molar-refractivity contribution in [2.75, 3.05) is 38.6 Å². The molecule has 0 bridgehead atoms. The first-order chi connectivity index (χ1) is 15.7. The molecule has 6 heteroatoms. The molecule has 0 unspecified atom stereocenters. The van der Waals surface area contributed by atoms with Gasteiger partial charge in [-0.25, -0.2) is 4.98 Å². The van der Waals surface area contributed by atoms with Gasteiger partial charge in [0.25, 0.3) is 5.91 Å². The molecule has 2 N–H and O–H groups in total. The van der Waals surface area contributed by atoms with Crippen molar-refractivity contribution in [1.82, 2.24) is 15.2 Å². The summed E-state index contributed by atoms with van der Waals surface area (Å²) in [4.78, 5) is 20.2. The van der Waals surface area contributed by atoms with Gasteiger partial charge < -0.3 is 20.3 Å². The molecular formula is C26H34N4O2. The first-order valence-corrected chi connectivity index (χ1v) is 11.5. The lowest BCUT2D eigenvalue weighted by molar-refractivity contribution is 0.0953. The summed E-state index contributed by atoms with van der Waals surface area (Å²) in [7, 11) is 1.63. The number of nitrogens with zero attached hydrogens (tertiary/aromatic N) is 2. The first kappa shape index (κ1) is 23.5. The van der Waals surface area contributed by atoms with Crippen LogP contribution in [0.2, 0.25) is 0 Å². The van der Waals surface area contributed by atoms with E-state index in [9.17, 15) is 4.79 Å². The molecule has 1 aromatic heterocycles. The first-order valence-electron chi connectivity index (χ1n) is 11.5. The summed E-state index contributed by atoms with van der Waals surface area (Å²) in [6, 6.07) is 17.2. The largest absolute Gasteiger partial charge is 0.495 e. The van der Waals surface area contributed by atoms with Crippen LogP contribution in [0.15, 0.2) is 54.6 Å². The molecular weight excluding hydrogens is 400 g/mol. The van der Waals surface area contributed by atoms with E-state index >= 15 is 0 Å². The van der Waals surface area contributed by atoms with Crippen LogP contribution in [0.3, 0.4) is 0 Å². The van der Waals surface area contributed by atoms with Gasteiger partial charge in [-0.15, -0.1) is 0 Å². The summed E-state index contributed by atoms with van der Waals surface area (Å²) in [6.45, 7) is 8.27. The molecule has 0 aliphatic carbocycles. The SMILES string of the molecule is CCCN(CCC)CCCNC(=O)c1cc(Nc2ccccc2OC)nc2ccccc12. The van der Waals surface area contributed by atoms with Gasteiger partial charge in [0.2, 0.25) is 0 Å². The lowest BCUT2D eigenvalue weighted by Crippen LogP contribution is -2.31. The number of anilines is 2. The molecule has 0 fully saturated rings. The van der Waals surface area contributed by atoms with Crippen LogP contribution in [0.1, 0.15) is 43.5 Å². The Morgan fingerprint density at radius 3 is 2.47 bits per heavy atom. The van der Waals surface area contributed by atoms with E-state index in [1.165, 1.54) is 0 Å². The van der Waals surface area contributed by atoms with E-state index < -0.39 is 0 Å². The third kappa shape index (κ3) is 6.20. The number of amides is 1. The molecule has 0 aliphatic heterocycles. The molecule has 0 atom stereocenters. The monoisotopic (exact) mass is 434 g/mol. The normalized spacial score (nSPS) is 11.0. The summed E-state index contributed by atoms with van der Waals surface area (Å²) in [6.07, 6.45) is 3.23. The van der Waals surface area contributed by atoms with Crippen molar-refractivity contribution >= 4 is 28.3 Å². The van der Waals surface area contributed by atoms with Crippen LogP contribution in [-0.4, -0.2) is 49.1 Å². The topological polar surface area (TPSA) is 66.5 Å². The minimum atomic E-state index is -0.0794. The molecule has 1 amide bonds. The van der Waals surface area contributed by atoms with Crippen molar-refractivity contribution in [2.45, 2.75) is 33.1 Å². The third-order valence-corrected chi connectivity index (χ3v) is 5.35. The van der Waals surface area contributed by atoms with E-state index in [-0.39, 0.29) is 5.91 Å². The highest BCUT2D eigenvalue weighted by molar-refractivity contribution is 6.07. The Balaban J connectivity index is 1.74. The summed E-state index contributed by atoms with van der Waals surface area (Å²) in [5, 5.41) is 7.24. The van der Waals surface area contributed by atoms with Crippen LogP contribution in [0.4, 0.5) is 11.5 Å². The van der Waals surface area contributed by atoms with Crippen molar-refractivity contribution in [3.8, 4) is 5.75 Å². The van der Waals surface area contributed by atoms with Crippen LogP contribution in [-0.2, 0) is 0 Å². The van der Waals surface area contributed by atoms with Gasteiger partial charge in [-0.3, -0.25) is 4.79 Å². The fourth-order valence-corrected chi connectivity index (χ4v) is 3.88. The quantitative estimate of drug-likeness (QED) is 0.382. The highest BCUT2D eigenvalue weighted by Crippen LogP contribution is 2.28. The maximum Gasteiger partial charge on any atom is 0.252 e. The third-order valence-electron chi connectivity index (χ3n) is 5.35. The number of benzene rings is 2. The predicted octanol–water partition coefficient (Wildman–Crippen LogP) is 5.23. The number of methoxy groups -OCH3 is 1. The Hall–Kier alpha value is -3.12. The van der Waals surface area contributed by atoms with Crippen molar-refractivity contribution < 1.29 is 9.53 Å². The van der Waals surface area contributed by atoms with E-state index in [2.05, 4.69) is 29.4 Å². The maximum atomic E-state index is 13.1. The lowest BCUT2D eigenvalue weighted by atomic mass is 10.1. The number of rotatable bonds is 12. The molecule has 0 aliphatic rings. The summed E-state index contributed by atoms with van der Waals surface area (Å²) < 4.78 is 5.43. The number of hydrogen-bond acceptors (Lipinski definition) is 5. The molecule has 0 saturated carbocycles. The number of pyridine rings is 1. The molecule has 1 heterocycles. The average Bonchev–Trinajstić information content (AvgIpc) is 2.81. The van der Waals surface area contributed by atoms with Gasteiger partial charge in [0.15, 0.2) is 0 Å². The van der Waals surface area contributed by atoms with Crippen molar-refractivity contribution in [1.29, 1.82) is 0 Å². The van der Waals surface area contributed by atoms with Crippen LogP contribution < -0.4 is 15.4 Å². The Kier molecular flexibility index (Phi) is 8.87. The number of aromatic nitrogens is 1. The van der Waals surface area contributed by atoms with Crippen LogP contribution >= 0.6 is 0 Å². The second-order valence-electron chi connectivity index (χ2n) is 7.85. The minimum absolute atomic E-state index is 0.0794.